The maximum absolute atomic E-state index is 13.6. The van der Waals surface area contributed by atoms with Crippen LogP contribution in [0.3, 0.4) is 0 Å². The van der Waals surface area contributed by atoms with Gasteiger partial charge in [-0.25, -0.2) is 0 Å². The average Bonchev–Trinajstić information content (AvgIpc) is 3.49. The zero-order valence-electron chi connectivity index (χ0n) is 22.6. The van der Waals surface area contributed by atoms with Gasteiger partial charge in [-0.15, -0.1) is 0 Å². The highest BCUT2D eigenvalue weighted by Gasteiger charge is 2.47. The van der Waals surface area contributed by atoms with Gasteiger partial charge in [-0.3, -0.25) is 14.5 Å². The summed E-state index contributed by atoms with van der Waals surface area (Å²) in [5.41, 5.74) is 2.38. The monoisotopic (exact) mass is 529 g/mol. The number of benzene rings is 3. The Bertz CT molecular complexity index is 1460. The smallest absolute Gasteiger partial charge is 0.300 e. The summed E-state index contributed by atoms with van der Waals surface area (Å²) in [4.78, 5) is 28.5. The van der Waals surface area contributed by atoms with Crippen molar-refractivity contribution in [3.8, 4) is 23.0 Å². The molecule has 1 fully saturated rings. The molecular formula is C31H31NO7. The van der Waals surface area contributed by atoms with Crippen LogP contribution in [-0.2, 0) is 9.59 Å². The van der Waals surface area contributed by atoms with Gasteiger partial charge in [-0.2, -0.15) is 0 Å². The van der Waals surface area contributed by atoms with E-state index in [4.69, 9.17) is 18.9 Å². The molecule has 0 radical (unpaired) electrons. The van der Waals surface area contributed by atoms with Gasteiger partial charge in [0, 0.05) is 17.3 Å². The number of hydrogen-bond acceptors (Lipinski definition) is 7. The normalized spacial score (nSPS) is 17.8. The summed E-state index contributed by atoms with van der Waals surface area (Å²) in [6.07, 6.45) is -0.0136. The summed E-state index contributed by atoms with van der Waals surface area (Å²) < 4.78 is 22.2. The largest absolute Gasteiger partial charge is 0.507 e. The number of aliphatic hydroxyl groups excluding tert-OH is 1. The number of carbonyl (C=O) groups excluding carboxylic acids is 2. The van der Waals surface area contributed by atoms with Crippen molar-refractivity contribution < 1.29 is 33.6 Å². The molecule has 2 aliphatic heterocycles. The van der Waals surface area contributed by atoms with E-state index in [1.165, 1.54) is 4.90 Å². The molecule has 1 atom stereocenters. The first-order valence-electron chi connectivity index (χ1n) is 12.8. The number of anilines is 1. The number of hydrogen-bond donors (Lipinski definition) is 1. The first-order valence-corrected chi connectivity index (χ1v) is 12.8. The Morgan fingerprint density at radius 2 is 1.67 bits per heavy atom. The molecule has 202 valence electrons. The molecule has 5 rings (SSSR count). The number of nitrogens with zero attached hydrogens (tertiary/aromatic N) is 1. The fourth-order valence-electron chi connectivity index (χ4n) is 4.94. The van der Waals surface area contributed by atoms with Crippen molar-refractivity contribution in [2.45, 2.75) is 45.8 Å². The molecular weight excluding hydrogens is 498 g/mol. The molecule has 3 aromatic carbocycles. The van der Waals surface area contributed by atoms with E-state index in [-0.39, 0.29) is 30.1 Å². The van der Waals surface area contributed by atoms with Crippen molar-refractivity contribution in [1.82, 2.24) is 0 Å². The molecule has 0 aromatic heterocycles. The second-order valence-corrected chi connectivity index (χ2v) is 10.1. The highest BCUT2D eigenvalue weighted by molar-refractivity contribution is 6.51. The molecule has 1 N–H and O–H groups in total. The second-order valence-electron chi connectivity index (χ2n) is 10.1. The summed E-state index contributed by atoms with van der Waals surface area (Å²) in [6.45, 7) is 7.97. The lowest BCUT2D eigenvalue weighted by Crippen LogP contribution is -2.29. The third-order valence-electron chi connectivity index (χ3n) is 6.77. The predicted molar refractivity (Wildman–Crippen MR) is 147 cm³/mol. The van der Waals surface area contributed by atoms with Gasteiger partial charge in [0.2, 0.25) is 6.79 Å². The van der Waals surface area contributed by atoms with Crippen molar-refractivity contribution in [2.24, 2.45) is 0 Å². The summed E-state index contributed by atoms with van der Waals surface area (Å²) >= 11 is 0. The molecule has 0 bridgehead atoms. The third-order valence-corrected chi connectivity index (χ3v) is 6.77. The van der Waals surface area contributed by atoms with Crippen LogP contribution >= 0.6 is 0 Å². The zero-order chi connectivity index (χ0) is 27.8. The Hall–Kier alpha value is -4.46. The van der Waals surface area contributed by atoms with Gasteiger partial charge in [0.05, 0.1) is 24.8 Å². The molecule has 0 aliphatic carbocycles. The summed E-state index contributed by atoms with van der Waals surface area (Å²) in [6, 6.07) is 16.6. The minimum atomic E-state index is -0.886. The Balaban J connectivity index is 1.67. The molecule has 8 nitrogen and oxygen atoms in total. The fourth-order valence-corrected chi connectivity index (χ4v) is 4.94. The number of rotatable bonds is 7. The van der Waals surface area contributed by atoms with Crippen LogP contribution in [0, 0.1) is 0 Å². The minimum Gasteiger partial charge on any atom is -0.507 e. The number of Topliss-reactive ketones (excluding diaryl/α,β-unsaturated/α-hetero) is 1. The highest BCUT2D eigenvalue weighted by atomic mass is 16.7. The molecule has 1 amide bonds. The molecule has 1 unspecified atom stereocenters. The van der Waals surface area contributed by atoms with E-state index in [1.54, 1.807) is 67.8 Å². The van der Waals surface area contributed by atoms with E-state index in [2.05, 4.69) is 0 Å². The molecule has 8 heteroatoms. The number of methoxy groups -OCH3 is 1. The number of fused-ring (bicyclic) bond motifs is 1. The van der Waals surface area contributed by atoms with E-state index in [0.29, 0.717) is 39.8 Å². The second kappa shape index (κ2) is 10.4. The summed E-state index contributed by atoms with van der Waals surface area (Å²) in [5, 5.41) is 11.6. The minimum absolute atomic E-state index is 0.00457. The van der Waals surface area contributed by atoms with E-state index >= 15 is 0 Å². The number of amides is 1. The van der Waals surface area contributed by atoms with Crippen molar-refractivity contribution in [3.63, 3.8) is 0 Å². The maximum Gasteiger partial charge on any atom is 0.300 e. The first kappa shape index (κ1) is 26.2. The highest BCUT2D eigenvalue weighted by Crippen LogP contribution is 2.45. The summed E-state index contributed by atoms with van der Waals surface area (Å²) in [7, 11) is 1.59. The molecule has 3 aromatic rings. The molecule has 2 heterocycles. The third kappa shape index (κ3) is 4.78. The van der Waals surface area contributed by atoms with Crippen LogP contribution < -0.4 is 23.8 Å². The molecule has 0 spiro atoms. The molecule has 1 saturated heterocycles. The quantitative estimate of drug-likeness (QED) is 0.229. The lowest BCUT2D eigenvalue weighted by atomic mass is 9.93. The first-order chi connectivity index (χ1) is 18.7. The van der Waals surface area contributed by atoms with E-state index in [0.717, 1.165) is 5.56 Å². The molecule has 39 heavy (non-hydrogen) atoms. The van der Waals surface area contributed by atoms with Crippen LogP contribution in [-0.4, -0.2) is 36.8 Å². The van der Waals surface area contributed by atoms with Gasteiger partial charge < -0.3 is 24.1 Å². The SMILES string of the molecule is COc1ccc(/C(O)=C2\C(=O)C(=O)N(c3ccc4c(c3)OCO4)C2c2ccc(OC(C)C)cc2)cc1C(C)C. The van der Waals surface area contributed by atoms with Gasteiger partial charge in [0.1, 0.15) is 17.3 Å². The van der Waals surface area contributed by atoms with Crippen molar-refractivity contribution in [2.75, 3.05) is 18.8 Å². The van der Waals surface area contributed by atoms with Gasteiger partial charge >= 0.3 is 0 Å². The van der Waals surface area contributed by atoms with Gasteiger partial charge in [0.25, 0.3) is 11.7 Å². The maximum atomic E-state index is 13.6. The van der Waals surface area contributed by atoms with Gasteiger partial charge in [-0.1, -0.05) is 26.0 Å². The van der Waals surface area contributed by atoms with Crippen LogP contribution in [0.1, 0.15) is 56.3 Å². The van der Waals surface area contributed by atoms with Gasteiger partial charge in [-0.05, 0) is 73.4 Å². The topological polar surface area (TPSA) is 94.5 Å². The van der Waals surface area contributed by atoms with Crippen molar-refractivity contribution in [3.05, 3.63) is 82.9 Å². The van der Waals surface area contributed by atoms with E-state index in [9.17, 15) is 14.7 Å². The van der Waals surface area contributed by atoms with Crippen LogP contribution in [0.25, 0.3) is 5.76 Å². The standard InChI is InChI=1S/C31H31NO7/c1-17(2)23-14-20(8-12-24(23)36-5)29(33)27-28(19-6-10-22(11-7-19)39-18(3)4)32(31(35)30(27)34)21-9-13-25-26(15-21)38-16-37-25/h6-15,17-18,28,33H,16H2,1-5H3/b29-27+. The van der Waals surface area contributed by atoms with Crippen LogP contribution in [0.4, 0.5) is 5.69 Å². The van der Waals surface area contributed by atoms with Gasteiger partial charge in [0.15, 0.2) is 11.5 Å². The number of ketones is 1. The Kier molecular flexibility index (Phi) is 6.95. The lowest BCUT2D eigenvalue weighted by molar-refractivity contribution is -0.132. The van der Waals surface area contributed by atoms with Crippen LogP contribution in [0.15, 0.2) is 66.2 Å². The van der Waals surface area contributed by atoms with E-state index < -0.39 is 17.7 Å². The molecule has 0 saturated carbocycles. The lowest BCUT2D eigenvalue weighted by Gasteiger charge is -2.26. The van der Waals surface area contributed by atoms with Crippen molar-refractivity contribution >= 4 is 23.1 Å². The van der Waals surface area contributed by atoms with Crippen LogP contribution in [0.2, 0.25) is 0 Å². The number of carbonyl (C=O) groups is 2. The van der Waals surface area contributed by atoms with E-state index in [1.807, 2.05) is 27.7 Å². The Morgan fingerprint density at radius 3 is 2.33 bits per heavy atom. The fraction of sp³-hybridized carbons (Fsp3) is 0.290. The molecule has 2 aliphatic rings. The van der Waals surface area contributed by atoms with Crippen LogP contribution in [0.5, 0.6) is 23.0 Å². The Morgan fingerprint density at radius 1 is 0.949 bits per heavy atom. The number of ether oxygens (including phenoxy) is 4. The zero-order valence-corrected chi connectivity index (χ0v) is 22.6. The Labute approximate surface area is 227 Å². The summed E-state index contributed by atoms with van der Waals surface area (Å²) in [5.74, 6) is 0.694. The van der Waals surface area contributed by atoms with Crippen molar-refractivity contribution in [1.29, 1.82) is 0 Å². The average molecular weight is 530 g/mol. The predicted octanol–water partition coefficient (Wildman–Crippen LogP) is 5.96. The number of aliphatic hydroxyl groups is 1.